The quantitative estimate of drug-likeness (QED) is 0.874. The van der Waals surface area contributed by atoms with Crippen molar-refractivity contribution in [3.8, 4) is 0 Å². The van der Waals surface area contributed by atoms with Crippen molar-refractivity contribution in [1.29, 1.82) is 0 Å². The van der Waals surface area contributed by atoms with E-state index in [1.807, 2.05) is 10.8 Å². The van der Waals surface area contributed by atoms with Gasteiger partial charge in [0.25, 0.3) is 0 Å². The number of thiophene rings is 1. The predicted octanol–water partition coefficient (Wildman–Crippen LogP) is 2.87. The van der Waals surface area contributed by atoms with Gasteiger partial charge in [-0.3, -0.25) is 4.79 Å². The molecule has 0 saturated heterocycles. The van der Waals surface area contributed by atoms with Gasteiger partial charge < -0.3 is 5.11 Å². The second-order valence-electron chi connectivity index (χ2n) is 3.06. The summed E-state index contributed by atoms with van der Waals surface area (Å²) in [5.74, 6) is -0.804. The Kier molecular flexibility index (Phi) is 2.58. The van der Waals surface area contributed by atoms with Gasteiger partial charge in [0.05, 0.1) is 5.41 Å². The summed E-state index contributed by atoms with van der Waals surface area (Å²) in [5, 5.41) is 12.7. The molecule has 4 heteroatoms. The standard InChI is InChI=1S/C8H9BrO2S/c1-8(2,7(10)11)5-3-12-4-6(5)9/h3-4H,1-2H3,(H,10,11). The van der Waals surface area contributed by atoms with E-state index in [9.17, 15) is 4.79 Å². The monoisotopic (exact) mass is 248 g/mol. The fourth-order valence-corrected chi connectivity index (χ4v) is 2.80. The lowest BCUT2D eigenvalue weighted by molar-refractivity contribution is -0.142. The molecule has 1 heterocycles. The average Bonchev–Trinajstić information content (AvgIpc) is 2.35. The fraction of sp³-hybridized carbons (Fsp3) is 0.375. The smallest absolute Gasteiger partial charge is 0.313 e. The third-order valence-corrected chi connectivity index (χ3v) is 3.53. The minimum absolute atomic E-state index is 0.804. The van der Waals surface area contributed by atoms with Crippen LogP contribution in [0.5, 0.6) is 0 Å². The summed E-state index contributed by atoms with van der Waals surface area (Å²) < 4.78 is 0.875. The predicted molar refractivity (Wildman–Crippen MR) is 52.7 cm³/mol. The number of hydrogen-bond acceptors (Lipinski definition) is 2. The molecule has 12 heavy (non-hydrogen) atoms. The van der Waals surface area contributed by atoms with Crippen LogP contribution >= 0.6 is 27.3 Å². The first-order chi connectivity index (χ1) is 5.46. The van der Waals surface area contributed by atoms with Crippen LogP contribution in [0.4, 0.5) is 0 Å². The molecule has 66 valence electrons. The van der Waals surface area contributed by atoms with Gasteiger partial charge >= 0.3 is 5.97 Å². The summed E-state index contributed by atoms with van der Waals surface area (Å²) in [6, 6.07) is 0. The van der Waals surface area contributed by atoms with Crippen molar-refractivity contribution in [2.24, 2.45) is 0 Å². The Hall–Kier alpha value is -0.350. The van der Waals surface area contributed by atoms with Crippen molar-refractivity contribution >= 4 is 33.2 Å². The van der Waals surface area contributed by atoms with Crippen molar-refractivity contribution in [3.63, 3.8) is 0 Å². The highest BCUT2D eigenvalue weighted by atomic mass is 79.9. The first-order valence-electron chi connectivity index (χ1n) is 3.42. The Morgan fingerprint density at radius 3 is 2.50 bits per heavy atom. The minimum Gasteiger partial charge on any atom is -0.481 e. The Labute approximate surface area is 83.4 Å². The zero-order chi connectivity index (χ0) is 9.35. The molecule has 0 aromatic carbocycles. The number of rotatable bonds is 2. The van der Waals surface area contributed by atoms with E-state index in [1.54, 1.807) is 13.8 Å². The number of hydrogen-bond donors (Lipinski definition) is 1. The third-order valence-electron chi connectivity index (χ3n) is 1.82. The van der Waals surface area contributed by atoms with E-state index < -0.39 is 11.4 Å². The maximum atomic E-state index is 10.9. The first-order valence-corrected chi connectivity index (χ1v) is 5.15. The lowest BCUT2D eigenvalue weighted by Gasteiger charge is -2.18. The second-order valence-corrected chi connectivity index (χ2v) is 4.66. The Morgan fingerprint density at radius 2 is 2.17 bits per heavy atom. The molecule has 0 radical (unpaired) electrons. The summed E-state index contributed by atoms with van der Waals surface area (Å²) in [4.78, 5) is 10.9. The number of carboxylic acid groups (broad SMARTS) is 1. The van der Waals surface area contributed by atoms with Crippen molar-refractivity contribution in [2.75, 3.05) is 0 Å². The first kappa shape index (κ1) is 9.74. The molecule has 0 saturated carbocycles. The highest BCUT2D eigenvalue weighted by Crippen LogP contribution is 2.33. The third kappa shape index (κ3) is 1.54. The maximum absolute atomic E-state index is 10.9. The summed E-state index contributed by atoms with van der Waals surface area (Å²) in [6.07, 6.45) is 0. The molecule has 1 aromatic rings. The molecule has 0 atom stereocenters. The van der Waals surface area contributed by atoms with Crippen LogP contribution in [0.1, 0.15) is 19.4 Å². The molecule has 1 rings (SSSR count). The molecule has 2 nitrogen and oxygen atoms in total. The largest absolute Gasteiger partial charge is 0.481 e. The second kappa shape index (κ2) is 3.18. The summed E-state index contributed by atoms with van der Waals surface area (Å²) in [7, 11) is 0. The molecule has 1 N–H and O–H groups in total. The summed E-state index contributed by atoms with van der Waals surface area (Å²) in [5.41, 5.74) is 0.0266. The Bertz CT molecular complexity index is 304. The number of carboxylic acids is 1. The molecular weight excluding hydrogens is 240 g/mol. The lowest BCUT2D eigenvalue weighted by atomic mass is 9.87. The molecule has 0 unspecified atom stereocenters. The minimum atomic E-state index is -0.807. The van der Waals surface area contributed by atoms with Crippen LogP contribution < -0.4 is 0 Å². The van der Waals surface area contributed by atoms with E-state index in [1.165, 1.54) is 11.3 Å². The van der Waals surface area contributed by atoms with Crippen LogP contribution in [0, 0.1) is 0 Å². The number of aliphatic carboxylic acids is 1. The van der Waals surface area contributed by atoms with E-state index >= 15 is 0 Å². The maximum Gasteiger partial charge on any atom is 0.313 e. The highest BCUT2D eigenvalue weighted by Gasteiger charge is 2.31. The molecule has 0 amide bonds. The van der Waals surface area contributed by atoms with Gasteiger partial charge in [0.2, 0.25) is 0 Å². The van der Waals surface area contributed by atoms with Gasteiger partial charge in [-0.25, -0.2) is 0 Å². The molecular formula is C8H9BrO2S. The van der Waals surface area contributed by atoms with Crippen molar-refractivity contribution < 1.29 is 9.90 Å². The van der Waals surface area contributed by atoms with Crippen LogP contribution in [0.15, 0.2) is 15.2 Å². The molecule has 0 spiro atoms. The van der Waals surface area contributed by atoms with Crippen LogP contribution in [0.3, 0.4) is 0 Å². The summed E-state index contributed by atoms with van der Waals surface area (Å²) in [6.45, 7) is 3.39. The van der Waals surface area contributed by atoms with E-state index in [0.29, 0.717) is 0 Å². The van der Waals surface area contributed by atoms with Gasteiger partial charge in [-0.05, 0) is 40.7 Å². The summed E-state index contributed by atoms with van der Waals surface area (Å²) >= 11 is 4.82. The molecule has 0 bridgehead atoms. The molecule has 0 fully saturated rings. The van der Waals surface area contributed by atoms with Crippen LogP contribution in [-0.4, -0.2) is 11.1 Å². The van der Waals surface area contributed by atoms with Gasteiger partial charge in [-0.1, -0.05) is 0 Å². The number of halogens is 1. The SMILES string of the molecule is CC(C)(C(=O)O)c1cscc1Br. The van der Waals surface area contributed by atoms with Gasteiger partial charge in [0.15, 0.2) is 0 Å². The highest BCUT2D eigenvalue weighted by molar-refractivity contribution is 9.10. The van der Waals surface area contributed by atoms with Crippen LogP contribution in [0.25, 0.3) is 0 Å². The average molecular weight is 249 g/mol. The lowest BCUT2D eigenvalue weighted by Crippen LogP contribution is -2.28. The van der Waals surface area contributed by atoms with E-state index in [4.69, 9.17) is 5.11 Å². The Morgan fingerprint density at radius 1 is 1.58 bits per heavy atom. The topological polar surface area (TPSA) is 37.3 Å². The zero-order valence-electron chi connectivity index (χ0n) is 6.80. The van der Waals surface area contributed by atoms with Crippen LogP contribution in [0.2, 0.25) is 0 Å². The van der Waals surface area contributed by atoms with Gasteiger partial charge in [0.1, 0.15) is 0 Å². The van der Waals surface area contributed by atoms with Gasteiger partial charge in [0, 0.05) is 9.85 Å². The zero-order valence-corrected chi connectivity index (χ0v) is 9.20. The van der Waals surface area contributed by atoms with E-state index in [2.05, 4.69) is 15.9 Å². The molecule has 0 aliphatic heterocycles. The van der Waals surface area contributed by atoms with Gasteiger partial charge in [-0.15, -0.1) is 0 Å². The van der Waals surface area contributed by atoms with Crippen LogP contribution in [-0.2, 0) is 10.2 Å². The molecule has 0 aliphatic carbocycles. The number of carbonyl (C=O) groups is 1. The van der Waals surface area contributed by atoms with Crippen molar-refractivity contribution in [1.82, 2.24) is 0 Å². The molecule has 0 aliphatic rings. The normalized spacial score (nSPS) is 11.6. The van der Waals surface area contributed by atoms with E-state index in [-0.39, 0.29) is 0 Å². The fourth-order valence-electron chi connectivity index (χ4n) is 0.843. The molecule has 1 aromatic heterocycles. The van der Waals surface area contributed by atoms with Crippen molar-refractivity contribution in [3.05, 3.63) is 20.8 Å². The van der Waals surface area contributed by atoms with E-state index in [0.717, 1.165) is 10.0 Å². The van der Waals surface area contributed by atoms with Gasteiger partial charge in [-0.2, -0.15) is 11.3 Å². The van der Waals surface area contributed by atoms with Crippen molar-refractivity contribution in [2.45, 2.75) is 19.3 Å². The Balaban J connectivity index is 3.13.